The molecule has 1 amide bonds. The van der Waals surface area contributed by atoms with Crippen molar-refractivity contribution < 1.29 is 4.79 Å². The van der Waals surface area contributed by atoms with Crippen LogP contribution in [0.2, 0.25) is 0 Å². The Labute approximate surface area is 161 Å². The zero-order chi connectivity index (χ0) is 19.3. The second-order valence-electron chi connectivity index (χ2n) is 7.31. The highest BCUT2D eigenvalue weighted by Gasteiger charge is 2.19. The summed E-state index contributed by atoms with van der Waals surface area (Å²) in [6.07, 6.45) is 5.77. The van der Waals surface area contributed by atoms with Crippen LogP contribution in [0.4, 0.5) is 5.69 Å². The molecule has 28 heavy (non-hydrogen) atoms. The lowest BCUT2D eigenvalue weighted by Crippen LogP contribution is -2.19. The maximum Gasteiger partial charge on any atom is 0.274 e. The van der Waals surface area contributed by atoms with Gasteiger partial charge in [-0.25, -0.2) is 4.98 Å². The molecular weight excluding hydrogens is 352 g/mol. The van der Waals surface area contributed by atoms with Gasteiger partial charge in [-0.05, 0) is 62.4 Å². The fourth-order valence-corrected chi connectivity index (χ4v) is 4.22. The molecule has 1 aliphatic rings. The number of pyridine rings is 2. The Kier molecular flexibility index (Phi) is 3.79. The average Bonchev–Trinajstić information content (AvgIpc) is 3.04. The van der Waals surface area contributed by atoms with E-state index in [4.69, 9.17) is 0 Å². The van der Waals surface area contributed by atoms with Gasteiger partial charge >= 0.3 is 0 Å². The fraction of sp³-hybridized carbons (Fsp3) is 0.227. The number of aromatic nitrogens is 3. The Hall–Kier alpha value is -3.41. The number of aryl methyl sites for hydroxylation is 2. The first-order valence-corrected chi connectivity index (χ1v) is 9.54. The minimum absolute atomic E-state index is 0.0108. The fourth-order valence-electron chi connectivity index (χ4n) is 4.22. The van der Waals surface area contributed by atoms with Crippen molar-refractivity contribution >= 4 is 28.1 Å². The van der Waals surface area contributed by atoms with Crippen molar-refractivity contribution in [2.45, 2.75) is 32.6 Å². The number of H-pyrrole nitrogens is 1. The third-order valence-electron chi connectivity index (χ3n) is 5.51. The smallest absolute Gasteiger partial charge is 0.274 e. The summed E-state index contributed by atoms with van der Waals surface area (Å²) in [5, 5.41) is 4.02. The zero-order valence-electron chi connectivity index (χ0n) is 15.6. The van der Waals surface area contributed by atoms with E-state index in [9.17, 15) is 9.59 Å². The van der Waals surface area contributed by atoms with Gasteiger partial charge in [-0.15, -0.1) is 0 Å². The lowest BCUT2D eigenvalue weighted by Gasteiger charge is -2.17. The Morgan fingerprint density at radius 3 is 2.82 bits per heavy atom. The number of nitrogens with zero attached hydrogens (tertiary/aromatic N) is 2. The van der Waals surface area contributed by atoms with Crippen LogP contribution in [0.3, 0.4) is 0 Å². The van der Waals surface area contributed by atoms with Gasteiger partial charge in [0.15, 0.2) is 0 Å². The van der Waals surface area contributed by atoms with E-state index in [1.54, 1.807) is 4.40 Å². The molecule has 3 heterocycles. The van der Waals surface area contributed by atoms with Crippen molar-refractivity contribution in [3.05, 3.63) is 75.5 Å². The van der Waals surface area contributed by atoms with Crippen LogP contribution in [0, 0.1) is 6.92 Å². The molecule has 0 saturated heterocycles. The predicted octanol–water partition coefficient (Wildman–Crippen LogP) is 3.62. The summed E-state index contributed by atoms with van der Waals surface area (Å²) in [4.78, 5) is 32.8. The maximum absolute atomic E-state index is 12.9. The lowest BCUT2D eigenvalue weighted by atomic mass is 9.90. The molecule has 0 atom stereocenters. The number of aromatic amines is 1. The first kappa shape index (κ1) is 16.7. The highest BCUT2D eigenvalue weighted by molar-refractivity contribution is 6.05. The number of hydrogen-bond donors (Lipinski definition) is 2. The van der Waals surface area contributed by atoms with Crippen LogP contribution in [0.15, 0.2) is 47.4 Å². The largest absolute Gasteiger partial charge is 0.322 e. The molecule has 140 valence electrons. The molecular formula is C22H20N4O2. The van der Waals surface area contributed by atoms with E-state index >= 15 is 0 Å². The number of benzene rings is 1. The SMILES string of the molecule is Cc1nc2ccccn2c1C(=O)Nc1ccc2c3c(c(=O)[nH]c2c1)CCCC3. The molecule has 5 rings (SSSR count). The number of rotatable bonds is 2. The third-order valence-corrected chi connectivity index (χ3v) is 5.51. The van der Waals surface area contributed by atoms with E-state index in [0.717, 1.165) is 53.4 Å². The van der Waals surface area contributed by atoms with E-state index in [-0.39, 0.29) is 11.5 Å². The van der Waals surface area contributed by atoms with E-state index in [0.29, 0.717) is 17.1 Å². The van der Waals surface area contributed by atoms with Gasteiger partial charge in [0.2, 0.25) is 0 Å². The van der Waals surface area contributed by atoms with Crippen LogP contribution in [0.25, 0.3) is 16.6 Å². The number of fused-ring (bicyclic) bond motifs is 4. The maximum atomic E-state index is 12.9. The molecule has 0 bridgehead atoms. The van der Waals surface area contributed by atoms with Crippen LogP contribution in [-0.2, 0) is 12.8 Å². The molecule has 0 spiro atoms. The van der Waals surface area contributed by atoms with Crippen molar-refractivity contribution in [1.82, 2.24) is 14.4 Å². The average molecular weight is 372 g/mol. The van der Waals surface area contributed by atoms with Gasteiger partial charge in [-0.2, -0.15) is 0 Å². The Morgan fingerprint density at radius 1 is 1.14 bits per heavy atom. The molecule has 6 nitrogen and oxygen atoms in total. The van der Waals surface area contributed by atoms with Gasteiger partial charge in [0.1, 0.15) is 11.3 Å². The van der Waals surface area contributed by atoms with Crippen LogP contribution < -0.4 is 10.9 Å². The Bertz CT molecular complexity index is 1300. The summed E-state index contributed by atoms with van der Waals surface area (Å²) in [6.45, 7) is 1.83. The van der Waals surface area contributed by atoms with E-state index < -0.39 is 0 Å². The summed E-state index contributed by atoms with van der Waals surface area (Å²) in [7, 11) is 0. The molecule has 3 aromatic heterocycles. The second kappa shape index (κ2) is 6.34. The summed E-state index contributed by atoms with van der Waals surface area (Å²) < 4.78 is 1.78. The summed E-state index contributed by atoms with van der Waals surface area (Å²) in [5.41, 5.74) is 5.38. The van der Waals surface area contributed by atoms with Crippen molar-refractivity contribution in [3.8, 4) is 0 Å². The molecule has 1 aromatic carbocycles. The number of nitrogens with one attached hydrogen (secondary N) is 2. The molecule has 0 saturated carbocycles. The molecule has 2 N–H and O–H groups in total. The van der Waals surface area contributed by atoms with E-state index in [2.05, 4.69) is 15.3 Å². The summed E-state index contributed by atoms with van der Waals surface area (Å²) in [6, 6.07) is 11.4. The monoisotopic (exact) mass is 372 g/mol. The molecule has 0 fully saturated rings. The van der Waals surface area contributed by atoms with Crippen molar-refractivity contribution in [1.29, 1.82) is 0 Å². The van der Waals surface area contributed by atoms with Crippen LogP contribution >= 0.6 is 0 Å². The Morgan fingerprint density at radius 2 is 1.96 bits per heavy atom. The van der Waals surface area contributed by atoms with E-state index in [1.807, 2.05) is 49.5 Å². The molecule has 1 aliphatic carbocycles. The van der Waals surface area contributed by atoms with Gasteiger partial charge < -0.3 is 10.3 Å². The van der Waals surface area contributed by atoms with Crippen LogP contribution in [-0.4, -0.2) is 20.3 Å². The number of imidazole rings is 1. The van der Waals surface area contributed by atoms with Crippen LogP contribution in [0.5, 0.6) is 0 Å². The number of anilines is 1. The zero-order valence-corrected chi connectivity index (χ0v) is 15.6. The molecule has 0 unspecified atom stereocenters. The normalized spacial score (nSPS) is 13.6. The number of amides is 1. The van der Waals surface area contributed by atoms with Gasteiger partial charge in [0.05, 0.1) is 11.2 Å². The quantitative estimate of drug-likeness (QED) is 0.564. The number of carbonyl (C=O) groups is 1. The number of hydrogen-bond acceptors (Lipinski definition) is 3. The third kappa shape index (κ3) is 2.60. The molecule has 0 radical (unpaired) electrons. The first-order chi connectivity index (χ1) is 13.6. The Balaban J connectivity index is 1.54. The lowest BCUT2D eigenvalue weighted by molar-refractivity contribution is 0.102. The summed E-state index contributed by atoms with van der Waals surface area (Å²) in [5.74, 6) is -0.226. The minimum atomic E-state index is -0.226. The predicted molar refractivity (Wildman–Crippen MR) is 109 cm³/mol. The van der Waals surface area contributed by atoms with Crippen LogP contribution in [0.1, 0.15) is 40.2 Å². The van der Waals surface area contributed by atoms with Gasteiger partial charge in [-0.3, -0.25) is 14.0 Å². The molecule has 0 aliphatic heterocycles. The van der Waals surface area contributed by atoms with Gasteiger partial charge in [0.25, 0.3) is 11.5 Å². The van der Waals surface area contributed by atoms with E-state index in [1.165, 1.54) is 0 Å². The van der Waals surface area contributed by atoms with Crippen molar-refractivity contribution in [2.75, 3.05) is 5.32 Å². The van der Waals surface area contributed by atoms with Crippen molar-refractivity contribution in [3.63, 3.8) is 0 Å². The standard InChI is InChI=1S/C22H20N4O2/c1-13-20(26-11-5-4-8-19(26)23-13)22(28)24-14-9-10-16-15-6-2-3-7-17(15)21(27)25-18(16)12-14/h4-5,8-12H,2-3,6-7H2,1H3,(H,24,28)(H,25,27). The summed E-state index contributed by atoms with van der Waals surface area (Å²) >= 11 is 0. The molecule has 4 aromatic rings. The topological polar surface area (TPSA) is 79.3 Å². The minimum Gasteiger partial charge on any atom is -0.322 e. The highest BCUT2D eigenvalue weighted by Crippen LogP contribution is 2.27. The first-order valence-electron chi connectivity index (χ1n) is 9.54. The van der Waals surface area contributed by atoms with Gasteiger partial charge in [-0.1, -0.05) is 12.1 Å². The highest BCUT2D eigenvalue weighted by atomic mass is 16.2. The van der Waals surface area contributed by atoms with Gasteiger partial charge in [0, 0.05) is 22.8 Å². The number of carbonyl (C=O) groups excluding carboxylic acids is 1. The van der Waals surface area contributed by atoms with Crippen molar-refractivity contribution in [2.24, 2.45) is 0 Å². The molecule has 6 heteroatoms. The second-order valence-corrected chi connectivity index (χ2v) is 7.31.